The second-order valence-electron chi connectivity index (χ2n) is 5.51. The highest BCUT2D eigenvalue weighted by molar-refractivity contribution is 7.92. The normalized spacial score (nSPS) is 17.2. The Kier molecular flexibility index (Phi) is 4.25. The van der Waals surface area contributed by atoms with Crippen LogP contribution in [-0.2, 0) is 16.4 Å². The van der Waals surface area contributed by atoms with Gasteiger partial charge in [0.2, 0.25) is 0 Å². The molecule has 0 saturated carbocycles. The minimum atomic E-state index is -3.66. The number of fused-ring (bicyclic) bond motifs is 1. The number of anilines is 1. The molecule has 4 nitrogen and oxygen atoms in total. The van der Waals surface area contributed by atoms with Crippen LogP contribution in [0.3, 0.4) is 0 Å². The first-order chi connectivity index (χ1) is 10.9. The van der Waals surface area contributed by atoms with Crippen molar-refractivity contribution in [3.05, 3.63) is 53.1 Å². The third-order valence-corrected chi connectivity index (χ3v) is 6.12. The molecule has 0 N–H and O–H groups in total. The van der Waals surface area contributed by atoms with Crippen LogP contribution < -0.4 is 9.04 Å². The van der Waals surface area contributed by atoms with Gasteiger partial charge in [-0.1, -0.05) is 29.8 Å². The molecule has 2 aromatic rings. The van der Waals surface area contributed by atoms with Crippen molar-refractivity contribution >= 4 is 27.3 Å². The van der Waals surface area contributed by atoms with Crippen molar-refractivity contribution in [1.29, 1.82) is 0 Å². The zero-order valence-corrected chi connectivity index (χ0v) is 14.6. The zero-order valence-electron chi connectivity index (χ0n) is 13.0. The fourth-order valence-corrected chi connectivity index (χ4v) is 4.95. The topological polar surface area (TPSA) is 46.6 Å². The van der Waals surface area contributed by atoms with E-state index < -0.39 is 10.0 Å². The Morgan fingerprint density at radius 2 is 2.00 bits per heavy atom. The third kappa shape index (κ3) is 2.79. The van der Waals surface area contributed by atoms with E-state index in [-0.39, 0.29) is 10.9 Å². The first-order valence-corrected chi connectivity index (χ1v) is 9.31. The summed E-state index contributed by atoms with van der Waals surface area (Å²) in [6, 6.07) is 12.1. The quantitative estimate of drug-likeness (QED) is 0.839. The van der Waals surface area contributed by atoms with Gasteiger partial charge >= 0.3 is 0 Å². The summed E-state index contributed by atoms with van der Waals surface area (Å²) in [6.07, 6.45) is 0.708. The Bertz CT molecular complexity index is 835. The summed E-state index contributed by atoms with van der Waals surface area (Å²) in [4.78, 5) is 0.175. The molecular weight excluding hydrogens is 334 g/mol. The molecule has 1 heterocycles. The van der Waals surface area contributed by atoms with E-state index in [1.807, 2.05) is 38.1 Å². The molecule has 3 rings (SSSR count). The molecule has 0 radical (unpaired) electrons. The van der Waals surface area contributed by atoms with Crippen LogP contribution in [0.15, 0.2) is 47.4 Å². The second-order valence-corrected chi connectivity index (χ2v) is 7.73. The Labute approximate surface area is 141 Å². The van der Waals surface area contributed by atoms with Crippen LogP contribution in [0.5, 0.6) is 5.75 Å². The number of hydrogen-bond acceptors (Lipinski definition) is 3. The molecule has 1 aliphatic rings. The van der Waals surface area contributed by atoms with Crippen LogP contribution in [0.4, 0.5) is 5.69 Å². The summed E-state index contributed by atoms with van der Waals surface area (Å²) in [5, 5.41) is 0.299. The van der Waals surface area contributed by atoms with Crippen molar-refractivity contribution in [3.63, 3.8) is 0 Å². The van der Waals surface area contributed by atoms with Crippen molar-refractivity contribution in [2.75, 3.05) is 10.9 Å². The smallest absolute Gasteiger partial charge is 0.264 e. The summed E-state index contributed by atoms with van der Waals surface area (Å²) in [5.74, 6) is 0.489. The Morgan fingerprint density at radius 3 is 2.70 bits per heavy atom. The highest BCUT2D eigenvalue weighted by atomic mass is 35.5. The van der Waals surface area contributed by atoms with Gasteiger partial charge in [0, 0.05) is 6.04 Å². The summed E-state index contributed by atoms with van der Waals surface area (Å²) < 4.78 is 33.0. The predicted octanol–water partition coefficient (Wildman–Crippen LogP) is 3.88. The molecular formula is C17H18ClNO3S. The molecule has 0 aliphatic carbocycles. The zero-order chi connectivity index (χ0) is 16.6. The van der Waals surface area contributed by atoms with Crippen LogP contribution in [0, 0.1) is 0 Å². The van der Waals surface area contributed by atoms with Crippen LogP contribution in [-0.4, -0.2) is 21.1 Å². The molecule has 2 aromatic carbocycles. The molecule has 23 heavy (non-hydrogen) atoms. The van der Waals surface area contributed by atoms with Gasteiger partial charge in [-0.15, -0.1) is 0 Å². The summed E-state index contributed by atoms with van der Waals surface area (Å²) in [6.45, 7) is 4.24. The molecule has 6 heteroatoms. The molecule has 0 fully saturated rings. The van der Waals surface area contributed by atoms with Crippen molar-refractivity contribution in [2.45, 2.75) is 31.2 Å². The van der Waals surface area contributed by atoms with Crippen molar-refractivity contribution in [2.24, 2.45) is 0 Å². The van der Waals surface area contributed by atoms with Crippen molar-refractivity contribution in [1.82, 2.24) is 0 Å². The van der Waals surface area contributed by atoms with E-state index in [4.69, 9.17) is 16.3 Å². The van der Waals surface area contributed by atoms with Gasteiger partial charge < -0.3 is 4.74 Å². The standard InChI is InChI=1S/C17H18ClNO3S/c1-3-22-17-9-8-14(11-15(17)18)23(20,21)19-12(2)10-13-6-4-5-7-16(13)19/h4-9,11-12H,3,10H2,1-2H3/t12-/m0/s1. The number of halogens is 1. The van der Waals surface area contributed by atoms with E-state index in [0.29, 0.717) is 23.8 Å². The largest absolute Gasteiger partial charge is 0.492 e. The van der Waals surface area contributed by atoms with Gasteiger partial charge in [0.05, 0.1) is 22.2 Å². The van der Waals surface area contributed by atoms with Crippen LogP contribution >= 0.6 is 11.6 Å². The molecule has 1 atom stereocenters. The third-order valence-electron chi connectivity index (χ3n) is 3.90. The van der Waals surface area contributed by atoms with Crippen LogP contribution in [0.1, 0.15) is 19.4 Å². The molecule has 122 valence electrons. The van der Waals surface area contributed by atoms with Crippen molar-refractivity contribution < 1.29 is 13.2 Å². The molecule has 1 aliphatic heterocycles. The lowest BCUT2D eigenvalue weighted by Gasteiger charge is -2.24. The molecule has 0 aromatic heterocycles. The maximum Gasteiger partial charge on any atom is 0.264 e. The fraction of sp³-hybridized carbons (Fsp3) is 0.294. The van der Waals surface area contributed by atoms with Gasteiger partial charge in [-0.05, 0) is 50.1 Å². The number of benzene rings is 2. The molecule has 0 saturated heterocycles. The maximum atomic E-state index is 13.1. The van der Waals surface area contributed by atoms with Gasteiger partial charge in [0.1, 0.15) is 5.75 Å². The first kappa shape index (κ1) is 16.1. The van der Waals surface area contributed by atoms with Gasteiger partial charge in [0.15, 0.2) is 0 Å². The summed E-state index contributed by atoms with van der Waals surface area (Å²) in [7, 11) is -3.66. The van der Waals surface area contributed by atoms with Crippen molar-refractivity contribution in [3.8, 4) is 5.75 Å². The Morgan fingerprint density at radius 1 is 1.26 bits per heavy atom. The van der Waals surface area contributed by atoms with Crippen LogP contribution in [0.25, 0.3) is 0 Å². The number of para-hydroxylation sites is 1. The van der Waals surface area contributed by atoms with E-state index in [2.05, 4.69) is 0 Å². The van der Waals surface area contributed by atoms with E-state index >= 15 is 0 Å². The fourth-order valence-electron chi connectivity index (χ4n) is 2.93. The highest BCUT2D eigenvalue weighted by Gasteiger charge is 2.36. The van der Waals surface area contributed by atoms with Gasteiger partial charge in [0.25, 0.3) is 10.0 Å². The van der Waals surface area contributed by atoms with E-state index in [1.54, 1.807) is 12.1 Å². The Hall–Kier alpha value is -1.72. The number of rotatable bonds is 4. The average Bonchev–Trinajstić information content (AvgIpc) is 2.85. The van der Waals surface area contributed by atoms with E-state index in [0.717, 1.165) is 11.3 Å². The van der Waals surface area contributed by atoms with Gasteiger partial charge in [-0.25, -0.2) is 8.42 Å². The number of hydrogen-bond donors (Lipinski definition) is 0. The number of ether oxygens (including phenoxy) is 1. The summed E-state index contributed by atoms with van der Waals surface area (Å²) in [5.41, 5.74) is 1.78. The number of nitrogens with zero attached hydrogens (tertiary/aromatic N) is 1. The van der Waals surface area contributed by atoms with Gasteiger partial charge in [-0.2, -0.15) is 0 Å². The maximum absolute atomic E-state index is 13.1. The molecule has 0 amide bonds. The SMILES string of the molecule is CCOc1ccc(S(=O)(=O)N2c3ccccc3C[C@@H]2C)cc1Cl. The van der Waals surface area contributed by atoms with E-state index in [1.165, 1.54) is 10.4 Å². The summed E-state index contributed by atoms with van der Waals surface area (Å²) >= 11 is 6.15. The molecule has 0 unspecified atom stereocenters. The molecule has 0 spiro atoms. The molecule has 0 bridgehead atoms. The van der Waals surface area contributed by atoms with E-state index in [9.17, 15) is 8.42 Å². The average molecular weight is 352 g/mol. The minimum Gasteiger partial charge on any atom is -0.492 e. The number of sulfonamides is 1. The minimum absolute atomic E-state index is 0.122. The second kappa shape index (κ2) is 6.06. The highest BCUT2D eigenvalue weighted by Crippen LogP contribution is 2.37. The predicted molar refractivity (Wildman–Crippen MR) is 91.9 cm³/mol. The first-order valence-electron chi connectivity index (χ1n) is 7.50. The monoisotopic (exact) mass is 351 g/mol. The lowest BCUT2D eigenvalue weighted by Crippen LogP contribution is -2.35. The lowest BCUT2D eigenvalue weighted by atomic mass is 10.1. The van der Waals surface area contributed by atoms with Gasteiger partial charge in [-0.3, -0.25) is 4.31 Å². The van der Waals surface area contributed by atoms with Crippen LogP contribution in [0.2, 0.25) is 5.02 Å². The Balaban J connectivity index is 2.04. The lowest BCUT2D eigenvalue weighted by molar-refractivity contribution is 0.340.